The summed E-state index contributed by atoms with van der Waals surface area (Å²) in [7, 11) is -2.77. The van der Waals surface area contributed by atoms with E-state index in [0.29, 0.717) is 0 Å². The molecule has 0 amide bonds. The molecule has 2 aromatic carbocycles. The maximum atomic E-state index is 13.5. The van der Waals surface area contributed by atoms with Crippen molar-refractivity contribution in [1.29, 1.82) is 0 Å². The Balaban J connectivity index is 2.06. The van der Waals surface area contributed by atoms with Gasteiger partial charge in [-0.2, -0.15) is 0 Å². The van der Waals surface area contributed by atoms with Crippen molar-refractivity contribution >= 4 is 28.9 Å². The standard InChI is InChI=1S/C20H22NOPS/c1-20(2,3)21-23(22)14-18(16-10-6-4-7-11-16)24-19(15-23)17-12-8-5-9-13-17/h4-15H,1-3H3,(H,21,22). The SMILES string of the molecule is CC(C)(C)NP1(=O)C=C(c2ccccc2)SC(c2ccccc2)=C1. The highest BCUT2D eigenvalue weighted by atomic mass is 32.2. The van der Waals surface area contributed by atoms with Gasteiger partial charge < -0.3 is 0 Å². The fourth-order valence-corrected chi connectivity index (χ4v) is 6.97. The van der Waals surface area contributed by atoms with E-state index in [2.05, 4.69) is 29.4 Å². The van der Waals surface area contributed by atoms with Crippen LogP contribution in [0.5, 0.6) is 0 Å². The Morgan fingerprint density at radius 1 is 0.792 bits per heavy atom. The number of thioether (sulfide) groups is 1. The summed E-state index contributed by atoms with van der Waals surface area (Å²) < 4.78 is 13.5. The van der Waals surface area contributed by atoms with E-state index < -0.39 is 7.29 Å². The molecule has 0 radical (unpaired) electrons. The maximum Gasteiger partial charge on any atom is 0.193 e. The van der Waals surface area contributed by atoms with Crippen LogP contribution >= 0.6 is 19.1 Å². The van der Waals surface area contributed by atoms with Gasteiger partial charge in [0.2, 0.25) is 0 Å². The minimum absolute atomic E-state index is 0.228. The minimum Gasteiger partial charge on any atom is -0.298 e. The zero-order valence-corrected chi connectivity index (χ0v) is 15.9. The summed E-state index contributed by atoms with van der Waals surface area (Å²) in [5.41, 5.74) is 1.97. The van der Waals surface area contributed by atoms with Gasteiger partial charge in [0.25, 0.3) is 0 Å². The van der Waals surface area contributed by atoms with Gasteiger partial charge in [0, 0.05) is 27.0 Å². The predicted octanol–water partition coefficient (Wildman–Crippen LogP) is 6.40. The molecule has 3 rings (SSSR count). The molecule has 1 aliphatic heterocycles. The average Bonchev–Trinajstić information content (AvgIpc) is 2.54. The first-order valence-corrected chi connectivity index (χ1v) is 10.6. The number of hydrogen-bond donors (Lipinski definition) is 1. The van der Waals surface area contributed by atoms with Crippen LogP contribution in [-0.2, 0) is 4.57 Å². The summed E-state index contributed by atoms with van der Waals surface area (Å²) in [5.74, 6) is 3.81. The van der Waals surface area contributed by atoms with Crippen LogP contribution < -0.4 is 5.09 Å². The van der Waals surface area contributed by atoms with E-state index in [4.69, 9.17) is 0 Å². The van der Waals surface area contributed by atoms with Crippen molar-refractivity contribution in [1.82, 2.24) is 5.09 Å². The Morgan fingerprint density at radius 3 is 1.58 bits per heavy atom. The lowest BCUT2D eigenvalue weighted by molar-refractivity contribution is 0.499. The summed E-state index contributed by atoms with van der Waals surface area (Å²) in [4.78, 5) is 2.08. The largest absolute Gasteiger partial charge is 0.298 e. The zero-order chi connectivity index (χ0) is 17.2. The van der Waals surface area contributed by atoms with Crippen molar-refractivity contribution in [2.45, 2.75) is 26.3 Å². The molecule has 1 heterocycles. The second-order valence-corrected chi connectivity index (χ2v) is 10.1. The van der Waals surface area contributed by atoms with Crippen LogP contribution in [0.2, 0.25) is 0 Å². The molecule has 124 valence electrons. The van der Waals surface area contributed by atoms with E-state index in [9.17, 15) is 4.57 Å². The van der Waals surface area contributed by atoms with Crippen molar-refractivity contribution in [3.63, 3.8) is 0 Å². The van der Waals surface area contributed by atoms with E-state index in [-0.39, 0.29) is 5.54 Å². The fraction of sp³-hybridized carbons (Fsp3) is 0.200. The van der Waals surface area contributed by atoms with Gasteiger partial charge in [0.15, 0.2) is 7.29 Å². The van der Waals surface area contributed by atoms with Crippen LogP contribution in [0.3, 0.4) is 0 Å². The highest BCUT2D eigenvalue weighted by Gasteiger charge is 2.29. The lowest BCUT2D eigenvalue weighted by Gasteiger charge is -2.29. The van der Waals surface area contributed by atoms with Crippen LogP contribution in [0, 0.1) is 0 Å². The van der Waals surface area contributed by atoms with Crippen molar-refractivity contribution in [2.75, 3.05) is 0 Å². The van der Waals surface area contributed by atoms with Gasteiger partial charge in [-0.3, -0.25) is 9.65 Å². The van der Waals surface area contributed by atoms with Crippen molar-refractivity contribution in [3.05, 3.63) is 83.4 Å². The molecule has 0 atom stereocenters. The Kier molecular flexibility index (Phi) is 4.87. The van der Waals surface area contributed by atoms with Crippen LogP contribution in [0.25, 0.3) is 9.81 Å². The van der Waals surface area contributed by atoms with Crippen LogP contribution in [-0.4, -0.2) is 5.54 Å². The third kappa shape index (κ3) is 4.30. The third-order valence-corrected chi connectivity index (χ3v) is 7.26. The fourth-order valence-electron chi connectivity index (χ4n) is 2.62. The summed E-state index contributed by atoms with van der Waals surface area (Å²) in [6, 6.07) is 20.3. The molecule has 0 fully saturated rings. The quantitative estimate of drug-likeness (QED) is 0.646. The van der Waals surface area contributed by atoms with Crippen molar-refractivity contribution < 1.29 is 4.57 Å². The first-order chi connectivity index (χ1) is 11.3. The molecule has 0 aliphatic carbocycles. The van der Waals surface area contributed by atoms with E-state index in [1.165, 1.54) is 0 Å². The average molecular weight is 355 g/mol. The van der Waals surface area contributed by atoms with Gasteiger partial charge in [-0.25, -0.2) is 0 Å². The second kappa shape index (κ2) is 6.76. The van der Waals surface area contributed by atoms with Gasteiger partial charge >= 0.3 is 0 Å². The van der Waals surface area contributed by atoms with Gasteiger partial charge in [0.1, 0.15) is 0 Å². The number of rotatable bonds is 3. The number of nitrogens with one attached hydrogen (secondary N) is 1. The highest BCUT2D eigenvalue weighted by Crippen LogP contribution is 2.59. The molecule has 0 spiro atoms. The molecule has 0 aromatic heterocycles. The Labute approximate surface area is 148 Å². The van der Waals surface area contributed by atoms with Crippen LogP contribution in [0.15, 0.2) is 72.3 Å². The Morgan fingerprint density at radius 2 is 1.21 bits per heavy atom. The first-order valence-electron chi connectivity index (χ1n) is 7.98. The minimum atomic E-state index is -2.77. The molecule has 1 aliphatic rings. The molecule has 24 heavy (non-hydrogen) atoms. The van der Waals surface area contributed by atoms with Crippen LogP contribution in [0.1, 0.15) is 31.9 Å². The smallest absolute Gasteiger partial charge is 0.193 e. The topological polar surface area (TPSA) is 29.1 Å². The molecule has 1 N–H and O–H groups in total. The molecule has 2 nitrogen and oxygen atoms in total. The van der Waals surface area contributed by atoms with E-state index in [1.54, 1.807) is 11.8 Å². The van der Waals surface area contributed by atoms with Gasteiger partial charge in [-0.1, -0.05) is 72.4 Å². The van der Waals surface area contributed by atoms with Crippen molar-refractivity contribution in [3.8, 4) is 0 Å². The molecule has 0 bridgehead atoms. The molecule has 0 saturated carbocycles. The number of hydrogen-bond acceptors (Lipinski definition) is 2. The van der Waals surface area contributed by atoms with Gasteiger partial charge in [0.05, 0.1) is 0 Å². The summed E-state index contributed by atoms with van der Waals surface area (Å²) in [6.45, 7) is 6.13. The lowest BCUT2D eigenvalue weighted by Crippen LogP contribution is -2.32. The van der Waals surface area contributed by atoms with Crippen molar-refractivity contribution in [2.24, 2.45) is 0 Å². The monoisotopic (exact) mass is 355 g/mol. The first kappa shape index (κ1) is 17.3. The molecule has 4 heteroatoms. The summed E-state index contributed by atoms with van der Waals surface area (Å²) >= 11 is 1.68. The molecular weight excluding hydrogens is 333 g/mol. The summed E-state index contributed by atoms with van der Waals surface area (Å²) in [6.07, 6.45) is 0. The Bertz CT molecular complexity index is 760. The van der Waals surface area contributed by atoms with E-state index >= 15 is 0 Å². The molecule has 0 unspecified atom stereocenters. The van der Waals surface area contributed by atoms with E-state index in [1.807, 2.05) is 68.8 Å². The van der Waals surface area contributed by atoms with E-state index in [0.717, 1.165) is 20.9 Å². The van der Waals surface area contributed by atoms with Gasteiger partial charge in [-0.15, -0.1) is 0 Å². The third-order valence-electron chi connectivity index (χ3n) is 3.46. The lowest BCUT2D eigenvalue weighted by atomic mass is 10.1. The molecule has 2 aromatic rings. The normalized spacial score (nSPS) is 17.1. The van der Waals surface area contributed by atoms with Crippen LogP contribution in [0.4, 0.5) is 0 Å². The van der Waals surface area contributed by atoms with Gasteiger partial charge in [-0.05, 0) is 31.9 Å². The zero-order valence-electron chi connectivity index (χ0n) is 14.2. The molecule has 0 saturated heterocycles. The summed E-state index contributed by atoms with van der Waals surface area (Å²) in [5, 5.41) is 3.32. The number of benzene rings is 2. The maximum absolute atomic E-state index is 13.5. The second-order valence-electron chi connectivity index (χ2n) is 6.89. The molecular formula is C20H22NOPS. The Hall–Kier alpha value is -1.54. The highest BCUT2D eigenvalue weighted by molar-refractivity contribution is 8.17. The predicted molar refractivity (Wildman–Crippen MR) is 107 cm³/mol.